The summed E-state index contributed by atoms with van der Waals surface area (Å²) >= 11 is 0. The fourth-order valence-corrected chi connectivity index (χ4v) is 2.67. The summed E-state index contributed by atoms with van der Waals surface area (Å²) in [5.41, 5.74) is 1.84. The summed E-state index contributed by atoms with van der Waals surface area (Å²) in [6.45, 7) is -0.265. The second-order valence-corrected chi connectivity index (χ2v) is 5.87. The van der Waals surface area contributed by atoms with E-state index in [1.807, 2.05) is 30.3 Å². The van der Waals surface area contributed by atoms with Crippen LogP contribution in [0.1, 0.15) is 0 Å². The Balaban J connectivity index is 1.59. The summed E-state index contributed by atoms with van der Waals surface area (Å²) in [5, 5.41) is 10.9. The van der Waals surface area contributed by atoms with Gasteiger partial charge in [0.1, 0.15) is 24.2 Å². The van der Waals surface area contributed by atoms with Gasteiger partial charge in [0.05, 0.1) is 5.69 Å². The van der Waals surface area contributed by atoms with E-state index in [1.165, 1.54) is 35.1 Å². The van der Waals surface area contributed by atoms with Gasteiger partial charge in [-0.2, -0.15) is 10.2 Å². The van der Waals surface area contributed by atoms with Crippen molar-refractivity contribution in [2.24, 2.45) is 0 Å². The minimum Gasteiger partial charge on any atom is -0.324 e. The molecule has 0 saturated carbocycles. The van der Waals surface area contributed by atoms with Crippen LogP contribution in [0, 0.1) is 5.82 Å². The third-order valence-electron chi connectivity index (χ3n) is 3.98. The van der Waals surface area contributed by atoms with Crippen molar-refractivity contribution >= 4 is 17.1 Å². The van der Waals surface area contributed by atoms with E-state index in [-0.39, 0.29) is 6.54 Å². The number of fused-ring (bicyclic) bond motifs is 1. The molecule has 0 aliphatic heterocycles. The highest BCUT2D eigenvalue weighted by molar-refractivity contribution is 5.90. The molecule has 2 aromatic heterocycles. The van der Waals surface area contributed by atoms with Gasteiger partial charge in [0.15, 0.2) is 0 Å². The molecule has 4 aromatic rings. The number of benzene rings is 2. The zero-order chi connectivity index (χ0) is 18.8. The second-order valence-electron chi connectivity index (χ2n) is 5.87. The highest BCUT2D eigenvalue weighted by Crippen LogP contribution is 2.17. The molecule has 0 bridgehead atoms. The van der Waals surface area contributed by atoms with Gasteiger partial charge in [-0.05, 0) is 30.3 Å². The Morgan fingerprint density at radius 1 is 1.07 bits per heavy atom. The lowest BCUT2D eigenvalue weighted by atomic mass is 10.1. The summed E-state index contributed by atoms with van der Waals surface area (Å²) in [6, 6.07) is 16.5. The lowest BCUT2D eigenvalue weighted by Gasteiger charge is -2.06. The largest absolute Gasteiger partial charge is 0.324 e. The highest BCUT2D eigenvalue weighted by atomic mass is 19.1. The zero-order valence-electron chi connectivity index (χ0n) is 14.0. The number of nitrogens with zero attached hydrogens (tertiary/aromatic N) is 4. The first-order valence-electron chi connectivity index (χ1n) is 8.16. The molecule has 134 valence electrons. The van der Waals surface area contributed by atoms with Gasteiger partial charge in [-0.1, -0.05) is 30.3 Å². The second kappa shape index (κ2) is 6.83. The van der Waals surface area contributed by atoms with Crippen LogP contribution in [0.25, 0.3) is 16.8 Å². The fourth-order valence-electron chi connectivity index (χ4n) is 2.67. The molecule has 0 radical (unpaired) electrons. The van der Waals surface area contributed by atoms with Gasteiger partial charge in [0, 0.05) is 11.3 Å². The number of anilines is 1. The van der Waals surface area contributed by atoms with Crippen molar-refractivity contribution in [2.45, 2.75) is 6.54 Å². The summed E-state index contributed by atoms with van der Waals surface area (Å²) in [7, 11) is 0. The van der Waals surface area contributed by atoms with E-state index >= 15 is 0 Å². The molecule has 1 N–H and O–H groups in total. The predicted molar refractivity (Wildman–Crippen MR) is 97.7 cm³/mol. The summed E-state index contributed by atoms with van der Waals surface area (Å²) in [6.07, 6.45) is 1.38. The van der Waals surface area contributed by atoms with Crippen LogP contribution >= 0.6 is 0 Å². The van der Waals surface area contributed by atoms with E-state index < -0.39 is 17.3 Å². The number of aromatic nitrogens is 4. The zero-order valence-corrected chi connectivity index (χ0v) is 14.0. The van der Waals surface area contributed by atoms with Crippen LogP contribution in [0.5, 0.6) is 0 Å². The maximum absolute atomic E-state index is 12.9. The van der Waals surface area contributed by atoms with E-state index in [0.717, 1.165) is 10.2 Å². The number of halogens is 1. The minimum atomic E-state index is -0.441. The molecule has 7 nitrogen and oxygen atoms in total. The lowest BCUT2D eigenvalue weighted by Crippen LogP contribution is -2.30. The number of amides is 1. The van der Waals surface area contributed by atoms with Gasteiger partial charge >= 0.3 is 0 Å². The van der Waals surface area contributed by atoms with Gasteiger partial charge in [-0.3, -0.25) is 9.59 Å². The molecule has 8 heteroatoms. The monoisotopic (exact) mass is 363 g/mol. The van der Waals surface area contributed by atoms with Crippen LogP contribution in [-0.2, 0) is 11.3 Å². The van der Waals surface area contributed by atoms with E-state index in [2.05, 4.69) is 15.5 Å². The van der Waals surface area contributed by atoms with E-state index in [4.69, 9.17) is 0 Å². The molecule has 0 atom stereocenters. The molecule has 0 saturated heterocycles. The number of carbonyl (C=O) groups excluding carboxylic acids is 1. The Labute approximate surface area is 152 Å². The number of carbonyl (C=O) groups is 1. The Bertz CT molecular complexity index is 1170. The van der Waals surface area contributed by atoms with Crippen molar-refractivity contribution in [2.75, 3.05) is 5.32 Å². The van der Waals surface area contributed by atoms with Crippen LogP contribution in [0.4, 0.5) is 10.1 Å². The average molecular weight is 363 g/mol. The number of hydrogen-bond donors (Lipinski definition) is 1. The molecule has 2 aromatic carbocycles. The van der Waals surface area contributed by atoms with Crippen LogP contribution in [0.2, 0.25) is 0 Å². The van der Waals surface area contributed by atoms with Crippen molar-refractivity contribution in [1.82, 2.24) is 19.4 Å². The topological polar surface area (TPSA) is 81.3 Å². The molecule has 4 rings (SSSR count). The SMILES string of the molecule is O=C(Cn1ncn2nc(-c3ccccc3)cc2c1=O)Nc1ccc(F)cc1. The first-order chi connectivity index (χ1) is 13.1. The van der Waals surface area contributed by atoms with Crippen LogP contribution < -0.4 is 10.9 Å². The standard InChI is InChI=1S/C19H14FN5O2/c20-14-6-8-15(9-7-14)22-18(26)11-24-19(27)17-10-16(23-25(17)12-21-24)13-4-2-1-3-5-13/h1-10,12H,11H2,(H,22,26). The van der Waals surface area contributed by atoms with Gasteiger partial charge in [0.2, 0.25) is 5.91 Å². The fraction of sp³-hybridized carbons (Fsp3) is 0.0526. The Kier molecular flexibility index (Phi) is 4.21. The molecule has 1 amide bonds. The van der Waals surface area contributed by atoms with E-state index in [0.29, 0.717) is 16.9 Å². The smallest absolute Gasteiger partial charge is 0.293 e. The lowest BCUT2D eigenvalue weighted by molar-refractivity contribution is -0.117. The molecule has 0 fully saturated rings. The Morgan fingerprint density at radius 3 is 2.56 bits per heavy atom. The molecule has 0 aliphatic rings. The summed E-state index contributed by atoms with van der Waals surface area (Å²) in [5.74, 6) is -0.838. The number of hydrogen-bond acceptors (Lipinski definition) is 4. The van der Waals surface area contributed by atoms with Crippen LogP contribution in [0.15, 0.2) is 71.8 Å². The summed E-state index contributed by atoms with van der Waals surface area (Å²) < 4.78 is 15.4. The number of rotatable bonds is 4. The molecule has 0 spiro atoms. The van der Waals surface area contributed by atoms with Crippen molar-refractivity contribution in [1.29, 1.82) is 0 Å². The molecule has 27 heavy (non-hydrogen) atoms. The molecule has 0 unspecified atom stereocenters. The van der Waals surface area contributed by atoms with Gasteiger partial charge in [-0.25, -0.2) is 13.6 Å². The van der Waals surface area contributed by atoms with Crippen LogP contribution in [0.3, 0.4) is 0 Å². The molecular weight excluding hydrogens is 349 g/mol. The molecule has 2 heterocycles. The Morgan fingerprint density at radius 2 is 1.81 bits per heavy atom. The van der Waals surface area contributed by atoms with Gasteiger partial charge in [-0.15, -0.1) is 0 Å². The van der Waals surface area contributed by atoms with Crippen molar-refractivity contribution < 1.29 is 9.18 Å². The normalized spacial score (nSPS) is 10.9. The maximum atomic E-state index is 12.9. The summed E-state index contributed by atoms with van der Waals surface area (Å²) in [4.78, 5) is 24.8. The third-order valence-corrected chi connectivity index (χ3v) is 3.98. The molecule has 0 aliphatic carbocycles. The van der Waals surface area contributed by atoms with Crippen molar-refractivity contribution in [3.63, 3.8) is 0 Å². The predicted octanol–water partition coefficient (Wildman–Crippen LogP) is 2.34. The average Bonchev–Trinajstić information content (AvgIpc) is 3.12. The third kappa shape index (κ3) is 3.45. The first-order valence-corrected chi connectivity index (χ1v) is 8.16. The van der Waals surface area contributed by atoms with Gasteiger partial charge < -0.3 is 5.32 Å². The molecular formula is C19H14FN5O2. The van der Waals surface area contributed by atoms with E-state index in [1.54, 1.807) is 6.07 Å². The van der Waals surface area contributed by atoms with E-state index in [9.17, 15) is 14.0 Å². The highest BCUT2D eigenvalue weighted by Gasteiger charge is 2.12. The van der Waals surface area contributed by atoms with Gasteiger partial charge in [0.25, 0.3) is 5.56 Å². The van der Waals surface area contributed by atoms with Crippen LogP contribution in [-0.4, -0.2) is 25.3 Å². The van der Waals surface area contributed by atoms with Crippen molar-refractivity contribution in [3.05, 3.63) is 83.2 Å². The first kappa shape index (κ1) is 16.6. The maximum Gasteiger partial charge on any atom is 0.293 e. The Hall–Kier alpha value is -3.81. The van der Waals surface area contributed by atoms with Crippen molar-refractivity contribution in [3.8, 4) is 11.3 Å². The number of nitrogens with one attached hydrogen (secondary N) is 1. The minimum absolute atomic E-state index is 0.265. The quantitative estimate of drug-likeness (QED) is 0.603.